The summed E-state index contributed by atoms with van der Waals surface area (Å²) in [5.74, 6) is -0.491. The van der Waals surface area contributed by atoms with Crippen molar-refractivity contribution in [2.24, 2.45) is 0 Å². The van der Waals surface area contributed by atoms with Crippen LogP contribution in [0.4, 0.5) is 27.4 Å². The van der Waals surface area contributed by atoms with Gasteiger partial charge in [-0.25, -0.2) is 14.4 Å². The number of ether oxygens (including phenoxy) is 1. The highest BCUT2D eigenvalue weighted by Crippen LogP contribution is 2.30. The number of morpholine rings is 1. The maximum absolute atomic E-state index is 14.3. The first-order valence-corrected chi connectivity index (χ1v) is 10.9. The van der Waals surface area contributed by atoms with Crippen LogP contribution < -0.4 is 15.5 Å². The van der Waals surface area contributed by atoms with Gasteiger partial charge in [0.25, 0.3) is 0 Å². The molecule has 32 heavy (non-hydrogen) atoms. The van der Waals surface area contributed by atoms with Gasteiger partial charge in [0.05, 0.1) is 19.4 Å². The molecule has 1 amide bonds. The molecule has 0 spiro atoms. The summed E-state index contributed by atoms with van der Waals surface area (Å²) in [4.78, 5) is 22.8. The number of halogens is 1. The van der Waals surface area contributed by atoms with E-state index in [0.29, 0.717) is 24.8 Å². The Balaban J connectivity index is 1.46. The summed E-state index contributed by atoms with van der Waals surface area (Å²) in [6, 6.07) is 15.0. The minimum absolute atomic E-state index is 0.203. The second-order valence-corrected chi connectivity index (χ2v) is 8.00. The smallest absolute Gasteiger partial charge is 0.247 e. The van der Waals surface area contributed by atoms with E-state index in [1.807, 2.05) is 24.3 Å². The fourth-order valence-electron chi connectivity index (χ4n) is 3.13. The molecule has 1 saturated heterocycles. The normalized spacial score (nSPS) is 13.5. The number of aromatic nitrogens is 2. The summed E-state index contributed by atoms with van der Waals surface area (Å²) in [6.07, 6.45) is 2.35. The van der Waals surface area contributed by atoms with Crippen LogP contribution in [0.5, 0.6) is 0 Å². The first kappa shape index (κ1) is 21.8. The van der Waals surface area contributed by atoms with Gasteiger partial charge in [0.1, 0.15) is 5.03 Å². The summed E-state index contributed by atoms with van der Waals surface area (Å²) in [5.41, 5.74) is 2.53. The van der Waals surface area contributed by atoms with Gasteiger partial charge in [-0.2, -0.15) is 0 Å². The molecule has 1 fully saturated rings. The monoisotopic (exact) mass is 451 g/mol. The van der Waals surface area contributed by atoms with Crippen LogP contribution in [0.15, 0.2) is 77.3 Å². The zero-order valence-corrected chi connectivity index (χ0v) is 18.1. The Morgan fingerprint density at radius 1 is 1.16 bits per heavy atom. The zero-order valence-electron chi connectivity index (χ0n) is 17.3. The van der Waals surface area contributed by atoms with E-state index in [4.69, 9.17) is 4.74 Å². The largest absolute Gasteiger partial charge is 0.378 e. The number of anilines is 4. The van der Waals surface area contributed by atoms with Crippen molar-refractivity contribution in [3.63, 3.8) is 0 Å². The minimum Gasteiger partial charge on any atom is -0.378 e. The molecule has 0 radical (unpaired) electrons. The number of hydrogen-bond donors (Lipinski definition) is 2. The lowest BCUT2D eigenvalue weighted by atomic mass is 10.2. The van der Waals surface area contributed by atoms with E-state index in [-0.39, 0.29) is 10.9 Å². The lowest BCUT2D eigenvalue weighted by Crippen LogP contribution is -2.36. The van der Waals surface area contributed by atoms with Crippen LogP contribution >= 0.6 is 11.8 Å². The maximum Gasteiger partial charge on any atom is 0.247 e. The molecule has 164 valence electrons. The number of nitrogens with one attached hydrogen (secondary N) is 2. The van der Waals surface area contributed by atoms with Crippen molar-refractivity contribution in [2.75, 3.05) is 41.8 Å². The van der Waals surface area contributed by atoms with Crippen molar-refractivity contribution < 1.29 is 13.9 Å². The molecule has 4 rings (SSSR count). The molecule has 0 aliphatic carbocycles. The predicted octanol–water partition coefficient (Wildman–Crippen LogP) is 4.47. The molecular formula is C23H22FN5O2S. The van der Waals surface area contributed by atoms with Gasteiger partial charge in [-0.3, -0.25) is 4.79 Å². The number of hydrogen-bond acceptors (Lipinski definition) is 7. The second kappa shape index (κ2) is 10.3. The third-order valence-corrected chi connectivity index (χ3v) is 5.70. The van der Waals surface area contributed by atoms with Crippen LogP contribution in [0.1, 0.15) is 0 Å². The van der Waals surface area contributed by atoms with Gasteiger partial charge >= 0.3 is 0 Å². The van der Waals surface area contributed by atoms with Gasteiger partial charge < -0.3 is 20.3 Å². The van der Waals surface area contributed by atoms with Crippen molar-refractivity contribution in [1.82, 2.24) is 9.97 Å². The third kappa shape index (κ3) is 5.63. The number of nitrogens with zero attached hydrogens (tertiary/aromatic N) is 3. The topological polar surface area (TPSA) is 79.4 Å². The van der Waals surface area contributed by atoms with Crippen LogP contribution in [0.2, 0.25) is 0 Å². The quantitative estimate of drug-likeness (QED) is 0.405. The van der Waals surface area contributed by atoms with E-state index in [1.165, 1.54) is 17.8 Å². The van der Waals surface area contributed by atoms with E-state index in [9.17, 15) is 9.18 Å². The van der Waals surface area contributed by atoms with Crippen molar-refractivity contribution in [3.05, 3.63) is 73.2 Å². The van der Waals surface area contributed by atoms with E-state index >= 15 is 0 Å². The number of carbonyl (C=O) groups is 1. The standard InChI is InChI=1S/C23H22FN5O2S/c1-2-21(30)26-16-6-8-19(9-7-16)32-22-20(24)15-25-23(28-22)27-17-4-3-5-18(14-17)29-10-12-31-13-11-29/h2-9,14-15H,1,10-13H2,(H,26,30)(H,25,27,28). The van der Waals surface area contributed by atoms with Gasteiger partial charge in [-0.15, -0.1) is 0 Å². The highest BCUT2D eigenvalue weighted by atomic mass is 32.2. The summed E-state index contributed by atoms with van der Waals surface area (Å²) in [7, 11) is 0. The highest BCUT2D eigenvalue weighted by Gasteiger charge is 2.13. The molecular weight excluding hydrogens is 429 g/mol. The SMILES string of the molecule is C=CC(=O)Nc1ccc(Sc2nc(Nc3cccc(N4CCOCC4)c3)ncc2F)cc1. The fourth-order valence-corrected chi connectivity index (χ4v) is 3.90. The zero-order chi connectivity index (χ0) is 22.3. The molecule has 7 nitrogen and oxygen atoms in total. The molecule has 0 bridgehead atoms. The number of benzene rings is 2. The van der Waals surface area contributed by atoms with Crippen molar-refractivity contribution in [3.8, 4) is 0 Å². The first-order chi connectivity index (χ1) is 15.6. The minimum atomic E-state index is -0.508. The number of amides is 1. The average molecular weight is 452 g/mol. The molecule has 9 heteroatoms. The van der Waals surface area contributed by atoms with Crippen molar-refractivity contribution >= 4 is 40.7 Å². The van der Waals surface area contributed by atoms with E-state index < -0.39 is 5.82 Å². The molecule has 2 N–H and O–H groups in total. The van der Waals surface area contributed by atoms with E-state index in [0.717, 1.165) is 35.6 Å². The molecule has 2 heterocycles. The summed E-state index contributed by atoms with van der Waals surface area (Å²) in [5, 5.41) is 6.03. The van der Waals surface area contributed by atoms with Gasteiger partial charge in [0.15, 0.2) is 5.82 Å². The lowest BCUT2D eigenvalue weighted by molar-refractivity contribution is -0.111. The van der Waals surface area contributed by atoms with Crippen LogP contribution in [0.3, 0.4) is 0 Å². The van der Waals surface area contributed by atoms with Gasteiger partial charge in [0.2, 0.25) is 11.9 Å². The molecule has 0 saturated carbocycles. The molecule has 2 aromatic carbocycles. The Morgan fingerprint density at radius 2 is 1.94 bits per heavy atom. The molecule has 0 atom stereocenters. The van der Waals surface area contributed by atoms with Crippen LogP contribution in [-0.4, -0.2) is 42.2 Å². The summed E-state index contributed by atoms with van der Waals surface area (Å²) in [6.45, 7) is 6.52. The number of rotatable bonds is 7. The summed E-state index contributed by atoms with van der Waals surface area (Å²) >= 11 is 1.18. The molecule has 0 unspecified atom stereocenters. The molecule has 1 aliphatic rings. The van der Waals surface area contributed by atoms with E-state index in [1.54, 1.807) is 24.3 Å². The Kier molecular flexibility index (Phi) is 6.98. The molecule has 3 aromatic rings. The molecule has 1 aromatic heterocycles. The Hall–Kier alpha value is -3.43. The van der Waals surface area contributed by atoms with Crippen molar-refractivity contribution in [2.45, 2.75) is 9.92 Å². The van der Waals surface area contributed by atoms with Crippen LogP contribution in [0, 0.1) is 5.82 Å². The van der Waals surface area contributed by atoms with E-state index in [2.05, 4.69) is 32.1 Å². The van der Waals surface area contributed by atoms with Crippen molar-refractivity contribution in [1.29, 1.82) is 0 Å². The Labute approximate surface area is 189 Å². The average Bonchev–Trinajstić information content (AvgIpc) is 2.83. The Morgan fingerprint density at radius 3 is 2.69 bits per heavy atom. The number of carbonyl (C=O) groups excluding carboxylic acids is 1. The van der Waals surface area contributed by atoms with Gasteiger partial charge in [-0.05, 0) is 48.5 Å². The van der Waals surface area contributed by atoms with Crippen LogP contribution in [-0.2, 0) is 9.53 Å². The lowest BCUT2D eigenvalue weighted by Gasteiger charge is -2.29. The molecule has 1 aliphatic heterocycles. The van der Waals surface area contributed by atoms with Gasteiger partial charge in [0, 0.05) is 35.0 Å². The Bertz CT molecular complexity index is 1100. The summed E-state index contributed by atoms with van der Waals surface area (Å²) < 4.78 is 19.7. The first-order valence-electron chi connectivity index (χ1n) is 10.0. The van der Waals surface area contributed by atoms with Gasteiger partial charge in [-0.1, -0.05) is 24.4 Å². The highest BCUT2D eigenvalue weighted by molar-refractivity contribution is 7.99. The predicted molar refractivity (Wildman–Crippen MR) is 124 cm³/mol. The maximum atomic E-state index is 14.3. The third-order valence-electron chi connectivity index (χ3n) is 4.71. The van der Waals surface area contributed by atoms with Crippen LogP contribution in [0.25, 0.3) is 0 Å². The fraction of sp³-hybridized carbons (Fsp3) is 0.174. The second-order valence-electron chi connectivity index (χ2n) is 6.94.